The van der Waals surface area contributed by atoms with Gasteiger partial charge in [-0.2, -0.15) is 0 Å². The maximum absolute atomic E-state index is 12.3. The summed E-state index contributed by atoms with van der Waals surface area (Å²) in [5.74, 6) is 0.888. The lowest BCUT2D eigenvalue weighted by Gasteiger charge is -2.15. The van der Waals surface area contributed by atoms with E-state index in [0.717, 1.165) is 5.69 Å². The summed E-state index contributed by atoms with van der Waals surface area (Å²) in [7, 11) is 1.27. The Hall–Kier alpha value is -2.05. The van der Waals surface area contributed by atoms with Crippen LogP contribution < -0.4 is 10.1 Å². The smallest absolute Gasteiger partial charge is 0.246 e. The Balaban J connectivity index is 2.36. The monoisotopic (exact) mass is 306 g/mol. The van der Waals surface area contributed by atoms with Crippen molar-refractivity contribution in [2.24, 2.45) is 0 Å². The van der Waals surface area contributed by atoms with Crippen molar-refractivity contribution in [3.63, 3.8) is 0 Å². The first-order valence-corrected chi connectivity index (χ1v) is 7.86. The minimum atomic E-state index is -3.54. The first-order chi connectivity index (χ1) is 9.95. The highest BCUT2D eigenvalue weighted by Gasteiger charge is 2.22. The molecular formula is C15H18N2O3S. The van der Waals surface area contributed by atoms with Gasteiger partial charge in [-0.1, -0.05) is 12.1 Å². The van der Waals surface area contributed by atoms with Crippen LogP contribution in [0.5, 0.6) is 11.5 Å². The topological polar surface area (TPSA) is 58.6 Å². The van der Waals surface area contributed by atoms with Crippen molar-refractivity contribution >= 4 is 15.7 Å². The van der Waals surface area contributed by atoms with E-state index >= 15 is 0 Å². The highest BCUT2D eigenvalue weighted by atomic mass is 32.2. The Bertz CT molecular complexity index is 710. The summed E-state index contributed by atoms with van der Waals surface area (Å²) in [6.07, 6.45) is 0. The number of para-hydroxylation sites is 1. The molecule has 112 valence electrons. The molecule has 6 heteroatoms. The zero-order valence-corrected chi connectivity index (χ0v) is 13.0. The van der Waals surface area contributed by atoms with Crippen LogP contribution in [-0.4, -0.2) is 33.9 Å². The van der Waals surface area contributed by atoms with Gasteiger partial charge >= 0.3 is 0 Å². The Labute approximate surface area is 125 Å². The minimum absolute atomic E-state index is 0.146. The molecule has 0 amide bonds. The largest absolute Gasteiger partial charge is 0.456 e. The molecule has 2 aromatic rings. The summed E-state index contributed by atoms with van der Waals surface area (Å²) in [5, 5.41) is 3.01. The molecule has 0 saturated heterocycles. The minimum Gasteiger partial charge on any atom is -0.456 e. The third-order valence-corrected chi connectivity index (χ3v) is 4.83. The predicted molar refractivity (Wildman–Crippen MR) is 83.4 cm³/mol. The van der Waals surface area contributed by atoms with Crippen molar-refractivity contribution in [1.82, 2.24) is 4.31 Å². The molecule has 0 spiro atoms. The van der Waals surface area contributed by atoms with E-state index in [-0.39, 0.29) is 4.90 Å². The number of benzene rings is 2. The van der Waals surface area contributed by atoms with Gasteiger partial charge in [0.15, 0.2) is 0 Å². The lowest BCUT2D eigenvalue weighted by atomic mass is 10.3. The van der Waals surface area contributed by atoms with Crippen LogP contribution in [0.25, 0.3) is 0 Å². The highest BCUT2D eigenvalue weighted by Crippen LogP contribution is 2.30. The Morgan fingerprint density at radius 2 is 1.62 bits per heavy atom. The van der Waals surface area contributed by atoms with Gasteiger partial charge in [-0.05, 0) is 36.4 Å². The lowest BCUT2D eigenvalue weighted by Crippen LogP contribution is -2.22. The van der Waals surface area contributed by atoms with Gasteiger partial charge in [-0.25, -0.2) is 12.7 Å². The van der Waals surface area contributed by atoms with Gasteiger partial charge < -0.3 is 10.1 Å². The first-order valence-electron chi connectivity index (χ1n) is 6.42. The summed E-state index contributed by atoms with van der Waals surface area (Å²) in [6.45, 7) is 0. The quantitative estimate of drug-likeness (QED) is 0.923. The second-order valence-electron chi connectivity index (χ2n) is 4.61. The lowest BCUT2D eigenvalue weighted by molar-refractivity contribution is 0.460. The van der Waals surface area contributed by atoms with Gasteiger partial charge in [-0.3, -0.25) is 0 Å². The number of ether oxygens (including phenoxy) is 1. The SMILES string of the molecule is CNc1ccc(Oc2ccccc2S(=O)(=O)N(C)C)cc1. The molecular weight excluding hydrogens is 288 g/mol. The Kier molecular flexibility index (Phi) is 4.50. The fourth-order valence-corrected chi connectivity index (χ4v) is 2.77. The molecule has 0 atom stereocenters. The Morgan fingerprint density at radius 1 is 1.00 bits per heavy atom. The van der Waals surface area contributed by atoms with Gasteiger partial charge in [-0.15, -0.1) is 0 Å². The summed E-state index contributed by atoms with van der Waals surface area (Å²) in [4.78, 5) is 0.146. The number of nitrogens with one attached hydrogen (secondary N) is 1. The highest BCUT2D eigenvalue weighted by molar-refractivity contribution is 7.89. The van der Waals surface area contributed by atoms with Crippen molar-refractivity contribution < 1.29 is 13.2 Å². The van der Waals surface area contributed by atoms with Crippen LogP contribution in [0.2, 0.25) is 0 Å². The number of nitrogens with zero attached hydrogens (tertiary/aromatic N) is 1. The van der Waals surface area contributed by atoms with E-state index in [1.54, 1.807) is 30.3 Å². The van der Waals surface area contributed by atoms with E-state index in [9.17, 15) is 8.42 Å². The summed E-state index contributed by atoms with van der Waals surface area (Å²) < 4.78 is 31.4. The summed E-state index contributed by atoms with van der Waals surface area (Å²) in [5.41, 5.74) is 0.955. The molecule has 5 nitrogen and oxygen atoms in total. The first kappa shape index (κ1) is 15.3. The van der Waals surface area contributed by atoms with Crippen LogP contribution in [0.15, 0.2) is 53.4 Å². The molecule has 0 bridgehead atoms. The number of rotatable bonds is 5. The van der Waals surface area contributed by atoms with Crippen molar-refractivity contribution in [2.45, 2.75) is 4.90 Å². The molecule has 0 fully saturated rings. The van der Waals surface area contributed by atoms with E-state index in [1.807, 2.05) is 19.2 Å². The van der Waals surface area contributed by atoms with Gasteiger partial charge in [0.25, 0.3) is 0 Å². The van der Waals surface area contributed by atoms with Crippen molar-refractivity contribution in [3.05, 3.63) is 48.5 Å². The number of sulfonamides is 1. The molecule has 0 radical (unpaired) electrons. The molecule has 0 unspecified atom stereocenters. The number of anilines is 1. The maximum Gasteiger partial charge on any atom is 0.246 e. The van der Waals surface area contributed by atoms with Crippen LogP contribution in [-0.2, 0) is 10.0 Å². The zero-order valence-electron chi connectivity index (χ0n) is 12.2. The summed E-state index contributed by atoms with van der Waals surface area (Å²) in [6, 6.07) is 13.9. The van der Waals surface area contributed by atoms with Gasteiger partial charge in [0.2, 0.25) is 10.0 Å². The second-order valence-corrected chi connectivity index (χ2v) is 6.73. The van der Waals surface area contributed by atoms with Crippen LogP contribution in [0, 0.1) is 0 Å². The fraction of sp³-hybridized carbons (Fsp3) is 0.200. The average Bonchev–Trinajstić information content (AvgIpc) is 2.48. The van der Waals surface area contributed by atoms with Crippen LogP contribution in [0.3, 0.4) is 0 Å². The van der Waals surface area contributed by atoms with E-state index in [4.69, 9.17) is 4.74 Å². The van der Waals surface area contributed by atoms with Crippen molar-refractivity contribution in [3.8, 4) is 11.5 Å². The molecule has 0 aliphatic carbocycles. The van der Waals surface area contributed by atoms with Crippen LogP contribution >= 0.6 is 0 Å². The second kappa shape index (κ2) is 6.15. The molecule has 2 rings (SSSR count). The molecule has 0 aromatic heterocycles. The fourth-order valence-electron chi connectivity index (χ4n) is 1.76. The third-order valence-electron chi connectivity index (χ3n) is 2.98. The molecule has 0 heterocycles. The molecule has 21 heavy (non-hydrogen) atoms. The van der Waals surface area contributed by atoms with Gasteiger partial charge in [0, 0.05) is 26.8 Å². The summed E-state index contributed by atoms with van der Waals surface area (Å²) >= 11 is 0. The maximum atomic E-state index is 12.3. The van der Waals surface area contributed by atoms with E-state index in [2.05, 4.69) is 5.32 Å². The van der Waals surface area contributed by atoms with Gasteiger partial charge in [0.05, 0.1) is 0 Å². The molecule has 0 aliphatic heterocycles. The van der Waals surface area contributed by atoms with Crippen molar-refractivity contribution in [1.29, 1.82) is 0 Å². The number of hydrogen-bond acceptors (Lipinski definition) is 4. The molecule has 0 aliphatic rings. The Morgan fingerprint density at radius 3 is 2.19 bits per heavy atom. The zero-order chi connectivity index (χ0) is 15.5. The normalized spacial score (nSPS) is 11.4. The molecule has 1 N–H and O–H groups in total. The predicted octanol–water partition coefficient (Wildman–Crippen LogP) is 2.77. The molecule has 2 aromatic carbocycles. The van der Waals surface area contributed by atoms with E-state index in [1.165, 1.54) is 24.5 Å². The molecule has 0 saturated carbocycles. The van der Waals surface area contributed by atoms with Crippen LogP contribution in [0.4, 0.5) is 5.69 Å². The average molecular weight is 306 g/mol. The van der Waals surface area contributed by atoms with Crippen LogP contribution in [0.1, 0.15) is 0 Å². The van der Waals surface area contributed by atoms with E-state index < -0.39 is 10.0 Å². The standard InChI is InChI=1S/C15H18N2O3S/c1-16-12-8-10-13(11-9-12)20-14-6-4-5-7-15(14)21(18,19)17(2)3/h4-11,16H,1-3H3. The van der Waals surface area contributed by atoms with Crippen molar-refractivity contribution in [2.75, 3.05) is 26.5 Å². The van der Waals surface area contributed by atoms with E-state index in [0.29, 0.717) is 11.5 Å². The number of hydrogen-bond donors (Lipinski definition) is 1. The van der Waals surface area contributed by atoms with Gasteiger partial charge in [0.1, 0.15) is 16.4 Å². The third kappa shape index (κ3) is 3.34.